The molecule has 2 amide bonds. The van der Waals surface area contributed by atoms with E-state index in [-0.39, 0.29) is 24.5 Å². The molecule has 8 nitrogen and oxygen atoms in total. The van der Waals surface area contributed by atoms with Crippen LogP contribution in [-0.2, 0) is 16.2 Å². The molecule has 4 rings (SSSR count). The minimum Gasteiger partial charge on any atom is -0.394 e. The van der Waals surface area contributed by atoms with Gasteiger partial charge in [-0.3, -0.25) is 14.4 Å². The average Bonchev–Trinajstić information content (AvgIpc) is 3.33. The molecular weight excluding hydrogens is 504 g/mol. The zero-order chi connectivity index (χ0) is 28.9. The van der Waals surface area contributed by atoms with Gasteiger partial charge in [-0.15, -0.1) is 0 Å². The first-order valence-corrected chi connectivity index (χ1v) is 14.5. The summed E-state index contributed by atoms with van der Waals surface area (Å²) in [5.41, 5.74) is 3.98. The number of carbonyl (C=O) groups is 2. The van der Waals surface area contributed by atoms with E-state index in [0.29, 0.717) is 36.4 Å². The number of rotatable bonds is 10. The highest BCUT2D eigenvalue weighted by Crippen LogP contribution is 2.38. The Morgan fingerprint density at radius 3 is 2.55 bits per heavy atom. The predicted molar refractivity (Wildman–Crippen MR) is 157 cm³/mol. The molecule has 0 bridgehead atoms. The van der Waals surface area contributed by atoms with Crippen LogP contribution in [0.1, 0.15) is 62.4 Å². The number of aliphatic hydroxyl groups is 1. The Kier molecular flexibility index (Phi) is 10.0. The van der Waals surface area contributed by atoms with Crippen LogP contribution in [0.5, 0.6) is 0 Å². The largest absolute Gasteiger partial charge is 0.394 e. The molecule has 0 aromatic heterocycles. The first kappa shape index (κ1) is 30.2. The molecule has 40 heavy (non-hydrogen) atoms. The highest BCUT2D eigenvalue weighted by atomic mass is 16.7. The Morgan fingerprint density at radius 1 is 1.12 bits per heavy atom. The van der Waals surface area contributed by atoms with Crippen molar-refractivity contribution in [2.24, 2.45) is 11.3 Å². The van der Waals surface area contributed by atoms with Gasteiger partial charge in [-0.2, -0.15) is 5.06 Å². The molecule has 2 aliphatic rings. The second-order valence-corrected chi connectivity index (χ2v) is 12.6. The lowest BCUT2D eigenvalue weighted by Crippen LogP contribution is -2.50. The highest BCUT2D eigenvalue weighted by Gasteiger charge is 2.40. The van der Waals surface area contributed by atoms with E-state index < -0.39 is 12.1 Å². The number of benzene rings is 2. The minimum absolute atomic E-state index is 0.0249. The zero-order valence-corrected chi connectivity index (χ0v) is 24.7. The fourth-order valence-electron chi connectivity index (χ4n) is 5.95. The predicted octanol–water partition coefficient (Wildman–Crippen LogP) is 3.84. The fraction of sp³-hybridized carbons (Fsp3) is 0.562. The number of likely N-dealkylation sites (N-methyl/N-ethyl adjacent to an activating group) is 1. The molecule has 1 saturated heterocycles. The molecule has 4 atom stereocenters. The van der Waals surface area contributed by atoms with Crippen LogP contribution < -0.4 is 10.6 Å². The van der Waals surface area contributed by atoms with Crippen LogP contribution in [0, 0.1) is 11.3 Å². The topological polar surface area (TPSA) is 94.1 Å². The summed E-state index contributed by atoms with van der Waals surface area (Å²) in [6.07, 6.45) is 3.25. The molecule has 3 N–H and O–H groups in total. The van der Waals surface area contributed by atoms with Crippen molar-refractivity contribution in [3.8, 4) is 11.1 Å². The number of nitrogens with zero attached hydrogens (tertiary/aromatic N) is 2. The van der Waals surface area contributed by atoms with E-state index in [1.807, 2.05) is 61.5 Å². The standard InChI is InChI=1S/C32H46N4O4/c1-22-19-32(2,3)14-13-28(22)34-31(39)29-18-27(21-37)40-36(29)20-23-7-6-8-26(17-23)24-9-11-25(12-10-24)30(38)33-15-16-35(4)5/h6-12,17,22,27-29,37H,13-16,18-21H2,1-5H3,(H,33,38)(H,34,39)/t22?,27?,28-,29?/m0/s1. The lowest BCUT2D eigenvalue weighted by molar-refractivity contribution is -0.181. The van der Waals surface area contributed by atoms with Crippen molar-refractivity contribution >= 4 is 11.8 Å². The van der Waals surface area contributed by atoms with Crippen LogP contribution in [-0.4, -0.2) is 78.9 Å². The SMILES string of the molecule is CC1CC(C)(C)CC[C@@H]1NC(=O)C1CC(CO)ON1Cc1cccc(-c2ccc(C(=O)NCCN(C)C)cc2)c1. The summed E-state index contributed by atoms with van der Waals surface area (Å²) in [5, 5.41) is 17.8. The number of carbonyl (C=O) groups excluding carboxylic acids is 2. The van der Waals surface area contributed by atoms with Crippen molar-refractivity contribution in [1.82, 2.24) is 20.6 Å². The molecule has 2 aromatic rings. The minimum atomic E-state index is -0.451. The molecule has 1 aliphatic carbocycles. The molecule has 0 radical (unpaired) electrons. The quantitative estimate of drug-likeness (QED) is 0.416. The van der Waals surface area contributed by atoms with Crippen LogP contribution >= 0.6 is 0 Å². The third-order valence-electron chi connectivity index (χ3n) is 8.24. The van der Waals surface area contributed by atoms with Gasteiger partial charge in [-0.1, -0.05) is 51.1 Å². The van der Waals surface area contributed by atoms with E-state index in [2.05, 4.69) is 37.5 Å². The monoisotopic (exact) mass is 550 g/mol. The summed E-state index contributed by atoms with van der Waals surface area (Å²) >= 11 is 0. The molecule has 8 heteroatoms. The van der Waals surface area contributed by atoms with Crippen molar-refractivity contribution in [2.45, 2.75) is 71.2 Å². The van der Waals surface area contributed by atoms with Crippen LogP contribution in [0.2, 0.25) is 0 Å². The van der Waals surface area contributed by atoms with Gasteiger partial charge in [-0.25, -0.2) is 0 Å². The summed E-state index contributed by atoms with van der Waals surface area (Å²) in [6.45, 7) is 8.52. The second-order valence-electron chi connectivity index (χ2n) is 12.6. The lowest BCUT2D eigenvalue weighted by atomic mass is 9.70. The molecule has 1 aliphatic heterocycles. The van der Waals surface area contributed by atoms with Crippen LogP contribution in [0.4, 0.5) is 0 Å². The van der Waals surface area contributed by atoms with Crippen molar-refractivity contribution in [3.05, 3.63) is 59.7 Å². The summed E-state index contributed by atoms with van der Waals surface area (Å²) < 4.78 is 0. The number of aliphatic hydroxyl groups excluding tert-OH is 1. The second kappa shape index (κ2) is 13.3. The Bertz CT molecular complexity index is 1150. The molecule has 0 spiro atoms. The van der Waals surface area contributed by atoms with Crippen LogP contribution in [0.3, 0.4) is 0 Å². The number of nitrogens with one attached hydrogen (secondary N) is 2. The molecule has 1 heterocycles. The zero-order valence-electron chi connectivity index (χ0n) is 24.7. The van der Waals surface area contributed by atoms with Crippen molar-refractivity contribution in [3.63, 3.8) is 0 Å². The Morgan fingerprint density at radius 2 is 1.88 bits per heavy atom. The highest BCUT2D eigenvalue weighted by molar-refractivity contribution is 5.94. The third kappa shape index (κ3) is 7.91. The van der Waals surface area contributed by atoms with E-state index in [4.69, 9.17) is 4.84 Å². The van der Waals surface area contributed by atoms with Gasteiger partial charge in [0.1, 0.15) is 12.1 Å². The number of hydrogen-bond donors (Lipinski definition) is 3. The molecule has 2 fully saturated rings. The summed E-state index contributed by atoms with van der Waals surface area (Å²) in [5.74, 6) is 0.315. The summed E-state index contributed by atoms with van der Waals surface area (Å²) in [7, 11) is 3.95. The van der Waals surface area contributed by atoms with Crippen LogP contribution in [0.15, 0.2) is 48.5 Å². The maximum Gasteiger partial charge on any atom is 0.251 e. The first-order valence-electron chi connectivity index (χ1n) is 14.5. The van der Waals surface area contributed by atoms with Gasteiger partial charge in [0.25, 0.3) is 5.91 Å². The normalized spacial score (nSPS) is 24.7. The van der Waals surface area contributed by atoms with E-state index in [9.17, 15) is 14.7 Å². The molecular formula is C32H46N4O4. The fourth-order valence-corrected chi connectivity index (χ4v) is 5.95. The number of hydroxylamine groups is 2. The third-order valence-corrected chi connectivity index (χ3v) is 8.24. The number of hydrogen-bond acceptors (Lipinski definition) is 6. The van der Waals surface area contributed by atoms with Gasteiger partial charge < -0.3 is 20.6 Å². The van der Waals surface area contributed by atoms with Gasteiger partial charge in [0.15, 0.2) is 0 Å². The average molecular weight is 551 g/mol. The maximum absolute atomic E-state index is 13.4. The Balaban J connectivity index is 1.40. The van der Waals surface area contributed by atoms with Crippen molar-refractivity contribution in [2.75, 3.05) is 33.8 Å². The summed E-state index contributed by atoms with van der Waals surface area (Å²) in [6, 6.07) is 15.4. The van der Waals surface area contributed by atoms with Crippen LogP contribution in [0.25, 0.3) is 11.1 Å². The smallest absolute Gasteiger partial charge is 0.251 e. The summed E-state index contributed by atoms with van der Waals surface area (Å²) in [4.78, 5) is 33.9. The van der Waals surface area contributed by atoms with Crippen molar-refractivity contribution in [1.29, 1.82) is 0 Å². The van der Waals surface area contributed by atoms with E-state index >= 15 is 0 Å². The molecule has 1 saturated carbocycles. The van der Waals surface area contributed by atoms with E-state index in [0.717, 1.165) is 42.5 Å². The molecule has 3 unspecified atom stereocenters. The Labute approximate surface area is 239 Å². The van der Waals surface area contributed by atoms with Gasteiger partial charge in [0.05, 0.1) is 13.2 Å². The lowest BCUT2D eigenvalue weighted by Gasteiger charge is -2.40. The van der Waals surface area contributed by atoms with Gasteiger partial charge in [0, 0.05) is 31.1 Å². The number of amides is 2. The maximum atomic E-state index is 13.4. The van der Waals surface area contributed by atoms with Gasteiger partial charge in [0.2, 0.25) is 5.91 Å². The van der Waals surface area contributed by atoms with Gasteiger partial charge >= 0.3 is 0 Å². The first-order chi connectivity index (χ1) is 19.0. The van der Waals surface area contributed by atoms with E-state index in [1.165, 1.54) is 0 Å². The molecule has 2 aromatic carbocycles. The molecule has 218 valence electrons. The Hall–Kier alpha value is -2.78. The van der Waals surface area contributed by atoms with Gasteiger partial charge in [-0.05, 0) is 79.6 Å². The van der Waals surface area contributed by atoms with Crippen molar-refractivity contribution < 1.29 is 19.5 Å². The van der Waals surface area contributed by atoms with E-state index in [1.54, 1.807) is 5.06 Å².